The Kier molecular flexibility index (Phi) is 4.97. The minimum atomic E-state index is 0.0874. The highest BCUT2D eigenvalue weighted by atomic mass is 79.9. The summed E-state index contributed by atoms with van der Waals surface area (Å²) in [6.07, 6.45) is 2.00. The molecule has 3 heterocycles. The lowest BCUT2D eigenvalue weighted by atomic mass is 10.1. The summed E-state index contributed by atoms with van der Waals surface area (Å²) in [5, 5.41) is 8.85. The van der Waals surface area contributed by atoms with Crippen LogP contribution in [0.1, 0.15) is 5.56 Å². The van der Waals surface area contributed by atoms with E-state index < -0.39 is 0 Å². The number of morpholine rings is 1. The lowest BCUT2D eigenvalue weighted by molar-refractivity contribution is -0.129. The number of fused-ring (bicyclic) bond motifs is 1. The second kappa shape index (κ2) is 7.40. The number of nitrogens with zero attached hydrogens (tertiary/aromatic N) is 2. The first kappa shape index (κ1) is 18.1. The van der Waals surface area contributed by atoms with Gasteiger partial charge in [0.05, 0.1) is 29.8 Å². The molecule has 1 aromatic carbocycles. The summed E-state index contributed by atoms with van der Waals surface area (Å²) in [7, 11) is 1.98. The van der Waals surface area contributed by atoms with E-state index in [1.165, 1.54) is 5.56 Å². The number of carbonyl (C=O) groups is 1. The fraction of sp³-hybridized carbons (Fsp3) is 0.350. The third-order valence-corrected chi connectivity index (χ3v) is 5.67. The van der Waals surface area contributed by atoms with Gasteiger partial charge in [-0.1, -0.05) is 6.07 Å². The number of halogens is 1. The summed E-state index contributed by atoms with van der Waals surface area (Å²) in [5.41, 5.74) is 2.98. The summed E-state index contributed by atoms with van der Waals surface area (Å²) in [5.74, 6) is 0.998. The highest BCUT2D eigenvalue weighted by Crippen LogP contribution is 2.24. The highest BCUT2D eigenvalue weighted by molar-refractivity contribution is 9.10. The first-order valence-corrected chi connectivity index (χ1v) is 9.87. The normalized spacial score (nSPS) is 16.8. The van der Waals surface area contributed by atoms with Crippen LogP contribution in [0.5, 0.6) is 0 Å². The van der Waals surface area contributed by atoms with Gasteiger partial charge in [-0.15, -0.1) is 0 Å². The number of amides is 1. The molecule has 1 fully saturated rings. The van der Waals surface area contributed by atoms with Gasteiger partial charge >= 0.3 is 0 Å². The van der Waals surface area contributed by atoms with Crippen LogP contribution in [0.25, 0.3) is 11.4 Å². The predicted octanol–water partition coefficient (Wildman–Crippen LogP) is 0.887. The molecule has 0 saturated carbocycles. The standard InChI is InChI=1S/C20H23BrN4O2/c1-13-3-4-17(16(21)11-13)23-19-14-5-6-24(2)18(14)15(12-22-19)20(26)25-7-9-27-10-8-25/h3-6,11,22-23H,7-10,12H2,1-2H3. The van der Waals surface area contributed by atoms with E-state index in [1.54, 1.807) is 0 Å². The molecule has 0 spiro atoms. The molecule has 7 heteroatoms. The highest BCUT2D eigenvalue weighted by Gasteiger charge is 2.25. The Balaban J connectivity index is 1.76. The molecule has 2 aliphatic rings. The molecule has 2 aliphatic heterocycles. The fourth-order valence-corrected chi connectivity index (χ4v) is 4.16. The molecule has 142 valence electrons. The van der Waals surface area contributed by atoms with Crippen LogP contribution in [-0.2, 0) is 16.6 Å². The van der Waals surface area contributed by atoms with E-state index >= 15 is 0 Å². The number of anilines is 1. The molecule has 0 aliphatic carbocycles. The smallest absolute Gasteiger partial charge is 0.253 e. The van der Waals surface area contributed by atoms with Crippen molar-refractivity contribution in [3.8, 4) is 0 Å². The van der Waals surface area contributed by atoms with E-state index in [4.69, 9.17) is 4.74 Å². The Labute approximate surface area is 166 Å². The predicted molar refractivity (Wildman–Crippen MR) is 109 cm³/mol. The van der Waals surface area contributed by atoms with Crippen molar-refractivity contribution in [2.45, 2.75) is 6.92 Å². The van der Waals surface area contributed by atoms with Gasteiger partial charge in [0.2, 0.25) is 0 Å². The van der Waals surface area contributed by atoms with Crippen LogP contribution in [0, 0.1) is 6.92 Å². The molecule has 27 heavy (non-hydrogen) atoms. The van der Waals surface area contributed by atoms with E-state index in [1.807, 2.05) is 28.8 Å². The van der Waals surface area contributed by atoms with Crippen molar-refractivity contribution in [2.24, 2.45) is 7.05 Å². The quantitative estimate of drug-likeness (QED) is 0.758. The number of hydrogen-bond acceptors (Lipinski definition) is 4. The van der Waals surface area contributed by atoms with Crippen molar-refractivity contribution in [3.63, 3.8) is 0 Å². The van der Waals surface area contributed by atoms with E-state index in [-0.39, 0.29) is 5.91 Å². The molecule has 1 amide bonds. The molecule has 0 bridgehead atoms. The minimum Gasteiger partial charge on any atom is -0.378 e. The van der Waals surface area contributed by atoms with Crippen LogP contribution in [0.4, 0.5) is 5.69 Å². The van der Waals surface area contributed by atoms with Crippen molar-refractivity contribution < 1.29 is 9.53 Å². The number of aromatic nitrogens is 1. The molecule has 0 unspecified atom stereocenters. The van der Waals surface area contributed by atoms with Gasteiger partial charge in [0.25, 0.3) is 5.91 Å². The van der Waals surface area contributed by atoms with E-state index in [0.29, 0.717) is 32.8 Å². The molecule has 2 N–H and O–H groups in total. The molecule has 1 saturated heterocycles. The first-order chi connectivity index (χ1) is 13.0. The monoisotopic (exact) mass is 430 g/mol. The maximum Gasteiger partial charge on any atom is 0.253 e. The molecule has 4 rings (SSSR count). The number of hydrogen-bond donors (Lipinski definition) is 2. The molecular weight excluding hydrogens is 408 g/mol. The summed E-state index contributed by atoms with van der Waals surface area (Å²) >= 11 is 3.62. The fourth-order valence-electron chi connectivity index (χ4n) is 3.56. The average Bonchev–Trinajstić information content (AvgIpc) is 3.07. The molecule has 6 nitrogen and oxygen atoms in total. The topological polar surface area (TPSA) is 58.5 Å². The molecular formula is C20H23BrN4O2. The molecule has 0 radical (unpaired) electrons. The van der Waals surface area contributed by atoms with Gasteiger partial charge in [0.15, 0.2) is 0 Å². The number of carbonyl (C=O) groups excluding carboxylic acids is 1. The van der Waals surface area contributed by atoms with Crippen LogP contribution in [0.3, 0.4) is 0 Å². The number of aryl methyl sites for hydroxylation is 2. The first-order valence-electron chi connectivity index (χ1n) is 9.07. The lowest BCUT2D eigenvalue weighted by Crippen LogP contribution is -2.50. The van der Waals surface area contributed by atoms with Gasteiger partial charge in [-0.05, 0) is 46.6 Å². The SMILES string of the molecule is Cc1ccc(NC2=c3ccn(C)c3=C(C(=O)N3CCOCC3)CN2)c(Br)c1. The largest absolute Gasteiger partial charge is 0.378 e. The Morgan fingerprint density at radius 1 is 1.26 bits per heavy atom. The van der Waals surface area contributed by atoms with Crippen LogP contribution in [0.2, 0.25) is 0 Å². The number of benzene rings is 1. The third kappa shape index (κ3) is 3.49. The molecule has 2 aromatic rings. The molecule has 1 aromatic heterocycles. The van der Waals surface area contributed by atoms with Gasteiger partial charge in [-0.3, -0.25) is 4.79 Å². The summed E-state index contributed by atoms with van der Waals surface area (Å²) in [6.45, 7) is 5.06. The Hall–Kier alpha value is -2.25. The minimum absolute atomic E-state index is 0.0874. The van der Waals surface area contributed by atoms with Crippen LogP contribution in [-0.4, -0.2) is 48.2 Å². The van der Waals surface area contributed by atoms with Crippen LogP contribution < -0.4 is 21.2 Å². The second-order valence-electron chi connectivity index (χ2n) is 6.91. The van der Waals surface area contributed by atoms with Gasteiger partial charge in [0, 0.05) is 42.6 Å². The Morgan fingerprint density at radius 2 is 2.04 bits per heavy atom. The van der Waals surface area contributed by atoms with E-state index in [0.717, 1.165) is 32.1 Å². The van der Waals surface area contributed by atoms with Crippen molar-refractivity contribution >= 4 is 38.9 Å². The van der Waals surface area contributed by atoms with Crippen molar-refractivity contribution in [1.82, 2.24) is 14.8 Å². The maximum absolute atomic E-state index is 13.1. The number of nitrogens with one attached hydrogen (secondary N) is 2. The third-order valence-electron chi connectivity index (χ3n) is 5.01. The number of rotatable bonds is 3. The van der Waals surface area contributed by atoms with E-state index in [2.05, 4.69) is 51.7 Å². The molecule has 0 atom stereocenters. The van der Waals surface area contributed by atoms with Gasteiger partial charge in [0.1, 0.15) is 5.82 Å². The summed E-state index contributed by atoms with van der Waals surface area (Å²) < 4.78 is 8.41. The lowest BCUT2D eigenvalue weighted by Gasteiger charge is -2.29. The zero-order valence-electron chi connectivity index (χ0n) is 15.5. The Morgan fingerprint density at radius 3 is 2.78 bits per heavy atom. The van der Waals surface area contributed by atoms with Crippen LogP contribution >= 0.6 is 15.9 Å². The van der Waals surface area contributed by atoms with Crippen molar-refractivity contribution in [2.75, 3.05) is 38.2 Å². The zero-order valence-corrected chi connectivity index (χ0v) is 17.1. The summed E-state index contributed by atoms with van der Waals surface area (Å²) in [6, 6.07) is 8.24. The zero-order chi connectivity index (χ0) is 19.0. The van der Waals surface area contributed by atoms with Crippen molar-refractivity contribution in [3.05, 3.63) is 51.1 Å². The maximum atomic E-state index is 13.1. The van der Waals surface area contributed by atoms with E-state index in [9.17, 15) is 4.79 Å². The number of ether oxygens (including phenoxy) is 1. The average molecular weight is 431 g/mol. The van der Waals surface area contributed by atoms with Crippen LogP contribution in [0.15, 0.2) is 34.9 Å². The second-order valence-corrected chi connectivity index (χ2v) is 7.76. The van der Waals surface area contributed by atoms with Crippen molar-refractivity contribution in [1.29, 1.82) is 0 Å². The van der Waals surface area contributed by atoms with Gasteiger partial charge in [-0.2, -0.15) is 0 Å². The van der Waals surface area contributed by atoms with Gasteiger partial charge < -0.3 is 24.8 Å². The van der Waals surface area contributed by atoms with Gasteiger partial charge in [-0.25, -0.2) is 0 Å². The summed E-state index contributed by atoms with van der Waals surface area (Å²) in [4.78, 5) is 14.9. The Bertz CT molecular complexity index is 1010.